The van der Waals surface area contributed by atoms with Crippen molar-refractivity contribution in [1.82, 2.24) is 31.3 Å². The first-order valence-corrected chi connectivity index (χ1v) is 7.62. The van der Waals surface area contributed by atoms with Crippen molar-refractivity contribution >= 4 is 6.09 Å². The summed E-state index contributed by atoms with van der Waals surface area (Å²) in [6, 6.07) is 0.00141. The number of carbonyl (C=O) groups is 1. The molecular formula is C14H28N6O2. The summed E-state index contributed by atoms with van der Waals surface area (Å²) < 4.78 is 5.25. The molecule has 1 amide bonds. The summed E-state index contributed by atoms with van der Waals surface area (Å²) in [5.41, 5.74) is -0.483. The van der Waals surface area contributed by atoms with Crippen molar-refractivity contribution in [3.8, 4) is 0 Å². The highest BCUT2D eigenvalue weighted by Crippen LogP contribution is 2.12. The van der Waals surface area contributed by atoms with Crippen LogP contribution in [0.2, 0.25) is 0 Å². The molecule has 0 radical (unpaired) electrons. The molecule has 2 atom stereocenters. The Kier molecular flexibility index (Phi) is 6.73. The Labute approximate surface area is 131 Å². The van der Waals surface area contributed by atoms with Crippen molar-refractivity contribution in [2.45, 2.75) is 53.2 Å². The fourth-order valence-electron chi connectivity index (χ4n) is 1.84. The van der Waals surface area contributed by atoms with Crippen LogP contribution in [0, 0.1) is 11.8 Å². The number of amides is 1. The number of aromatic nitrogens is 4. The Bertz CT molecular complexity index is 441. The van der Waals surface area contributed by atoms with Crippen LogP contribution in [0.25, 0.3) is 0 Å². The van der Waals surface area contributed by atoms with Gasteiger partial charge in [-0.25, -0.2) is 4.79 Å². The Morgan fingerprint density at radius 2 is 1.95 bits per heavy atom. The number of hydrogen-bond acceptors (Lipinski definition) is 6. The summed E-state index contributed by atoms with van der Waals surface area (Å²) in [6.07, 6.45) is -0.385. The van der Waals surface area contributed by atoms with Gasteiger partial charge < -0.3 is 15.4 Å². The van der Waals surface area contributed by atoms with Gasteiger partial charge >= 0.3 is 6.09 Å². The van der Waals surface area contributed by atoms with Crippen molar-refractivity contribution in [3.05, 3.63) is 5.82 Å². The van der Waals surface area contributed by atoms with Crippen molar-refractivity contribution in [3.63, 3.8) is 0 Å². The van der Waals surface area contributed by atoms with E-state index in [4.69, 9.17) is 4.74 Å². The third-order valence-corrected chi connectivity index (χ3v) is 3.29. The highest BCUT2D eigenvalue weighted by molar-refractivity contribution is 5.67. The fourth-order valence-corrected chi connectivity index (χ4v) is 1.84. The zero-order valence-corrected chi connectivity index (χ0v) is 14.3. The molecule has 1 heterocycles. The van der Waals surface area contributed by atoms with Crippen LogP contribution in [-0.2, 0) is 4.74 Å². The minimum atomic E-state index is -0.483. The number of carbonyl (C=O) groups excluding carboxylic acids is 1. The van der Waals surface area contributed by atoms with E-state index in [9.17, 15) is 4.79 Å². The Morgan fingerprint density at radius 3 is 2.45 bits per heavy atom. The Hall–Kier alpha value is -1.70. The molecule has 0 aliphatic heterocycles. The number of nitrogens with one attached hydrogen (secondary N) is 3. The first-order chi connectivity index (χ1) is 10.2. The zero-order chi connectivity index (χ0) is 16.8. The van der Waals surface area contributed by atoms with Crippen LogP contribution in [0.5, 0.6) is 0 Å². The van der Waals surface area contributed by atoms with Crippen LogP contribution in [0.3, 0.4) is 0 Å². The first-order valence-electron chi connectivity index (χ1n) is 7.62. The molecule has 0 aliphatic rings. The van der Waals surface area contributed by atoms with Crippen LogP contribution in [0.15, 0.2) is 0 Å². The predicted molar refractivity (Wildman–Crippen MR) is 83.2 cm³/mol. The summed E-state index contributed by atoms with van der Waals surface area (Å²) >= 11 is 0. The molecule has 1 aromatic heterocycles. The second kappa shape index (κ2) is 8.07. The number of H-pyrrole nitrogens is 1. The fraction of sp³-hybridized carbons (Fsp3) is 0.857. The number of hydrogen-bond donors (Lipinski definition) is 3. The summed E-state index contributed by atoms with van der Waals surface area (Å²) in [4.78, 5) is 11.7. The average Bonchev–Trinajstić information content (AvgIpc) is 2.89. The molecule has 126 valence electrons. The summed E-state index contributed by atoms with van der Waals surface area (Å²) in [5, 5.41) is 20.1. The molecule has 0 saturated heterocycles. The lowest BCUT2D eigenvalue weighted by Crippen LogP contribution is -2.40. The normalized spacial score (nSPS) is 14.7. The number of alkyl carbamates (subject to hydrolysis) is 1. The Balaban J connectivity index is 2.40. The molecule has 1 aromatic rings. The molecule has 2 unspecified atom stereocenters. The highest BCUT2D eigenvalue weighted by Gasteiger charge is 2.20. The molecule has 0 fully saturated rings. The summed E-state index contributed by atoms with van der Waals surface area (Å²) in [5.74, 6) is 1.32. The van der Waals surface area contributed by atoms with Gasteiger partial charge in [0, 0.05) is 13.1 Å². The first kappa shape index (κ1) is 18.3. The van der Waals surface area contributed by atoms with E-state index in [0.717, 1.165) is 6.54 Å². The number of tetrazole rings is 1. The molecule has 0 spiro atoms. The topological polar surface area (TPSA) is 105 Å². The lowest BCUT2D eigenvalue weighted by Gasteiger charge is -2.25. The maximum atomic E-state index is 11.7. The maximum absolute atomic E-state index is 11.7. The second-order valence-corrected chi connectivity index (χ2v) is 6.79. The van der Waals surface area contributed by atoms with Gasteiger partial charge in [-0.15, -0.1) is 10.2 Å². The SMILES string of the molecule is CC(NCC(CNC(=O)OC(C)(C)C)C(C)C)c1nn[nH]n1. The smallest absolute Gasteiger partial charge is 0.407 e. The largest absolute Gasteiger partial charge is 0.444 e. The molecule has 0 bridgehead atoms. The van der Waals surface area contributed by atoms with E-state index < -0.39 is 5.60 Å². The molecule has 1 rings (SSSR count). The van der Waals surface area contributed by atoms with E-state index in [2.05, 4.69) is 45.1 Å². The molecule has 3 N–H and O–H groups in total. The van der Waals surface area contributed by atoms with E-state index in [1.165, 1.54) is 0 Å². The van der Waals surface area contributed by atoms with Crippen LogP contribution >= 0.6 is 0 Å². The number of aromatic amines is 1. The van der Waals surface area contributed by atoms with Gasteiger partial charge in [-0.3, -0.25) is 0 Å². The molecule has 22 heavy (non-hydrogen) atoms. The molecule has 8 heteroatoms. The Morgan fingerprint density at radius 1 is 1.27 bits per heavy atom. The van der Waals surface area contributed by atoms with Gasteiger partial charge in [-0.1, -0.05) is 19.1 Å². The van der Waals surface area contributed by atoms with Crippen LogP contribution < -0.4 is 10.6 Å². The van der Waals surface area contributed by atoms with Crippen molar-refractivity contribution in [2.75, 3.05) is 13.1 Å². The third kappa shape index (κ3) is 6.84. The van der Waals surface area contributed by atoms with Gasteiger partial charge in [0.2, 0.25) is 0 Å². The van der Waals surface area contributed by atoms with E-state index >= 15 is 0 Å². The van der Waals surface area contributed by atoms with E-state index in [1.54, 1.807) is 0 Å². The lowest BCUT2D eigenvalue weighted by molar-refractivity contribution is 0.0514. The van der Waals surface area contributed by atoms with Gasteiger partial charge in [0.1, 0.15) is 5.60 Å². The van der Waals surface area contributed by atoms with Crippen molar-refractivity contribution in [2.24, 2.45) is 11.8 Å². The lowest BCUT2D eigenvalue weighted by atomic mass is 9.95. The van der Waals surface area contributed by atoms with Crippen molar-refractivity contribution in [1.29, 1.82) is 0 Å². The van der Waals surface area contributed by atoms with Gasteiger partial charge in [0.15, 0.2) is 5.82 Å². The predicted octanol–water partition coefficient (Wildman–Crippen LogP) is 1.65. The van der Waals surface area contributed by atoms with E-state index in [0.29, 0.717) is 18.3 Å². The monoisotopic (exact) mass is 312 g/mol. The molecule has 0 saturated carbocycles. The van der Waals surface area contributed by atoms with Gasteiger partial charge in [-0.05, 0) is 39.5 Å². The highest BCUT2D eigenvalue weighted by atomic mass is 16.6. The third-order valence-electron chi connectivity index (χ3n) is 3.29. The van der Waals surface area contributed by atoms with Gasteiger partial charge in [-0.2, -0.15) is 5.21 Å². The maximum Gasteiger partial charge on any atom is 0.407 e. The van der Waals surface area contributed by atoms with Crippen LogP contribution in [0.4, 0.5) is 4.79 Å². The second-order valence-electron chi connectivity index (χ2n) is 6.79. The summed E-state index contributed by atoms with van der Waals surface area (Å²) in [6.45, 7) is 13.1. The zero-order valence-electron chi connectivity index (χ0n) is 14.3. The molecule has 0 aromatic carbocycles. The minimum Gasteiger partial charge on any atom is -0.444 e. The van der Waals surface area contributed by atoms with Gasteiger partial charge in [0.25, 0.3) is 0 Å². The van der Waals surface area contributed by atoms with Gasteiger partial charge in [0.05, 0.1) is 6.04 Å². The molecular weight excluding hydrogens is 284 g/mol. The molecule has 8 nitrogen and oxygen atoms in total. The van der Waals surface area contributed by atoms with Crippen molar-refractivity contribution < 1.29 is 9.53 Å². The molecule has 0 aliphatic carbocycles. The number of ether oxygens (including phenoxy) is 1. The minimum absolute atomic E-state index is 0.00141. The quantitative estimate of drug-likeness (QED) is 0.707. The number of rotatable bonds is 7. The van der Waals surface area contributed by atoms with E-state index in [-0.39, 0.29) is 18.1 Å². The van der Waals surface area contributed by atoms with Crippen LogP contribution in [0.1, 0.15) is 53.4 Å². The number of nitrogens with zero attached hydrogens (tertiary/aromatic N) is 3. The standard InChI is InChI=1S/C14H28N6O2/c1-9(2)11(8-16-13(21)22-14(4,5)6)7-15-10(3)12-17-19-20-18-12/h9-11,15H,7-8H2,1-6H3,(H,16,21)(H,17,18,19,20). The average molecular weight is 312 g/mol. The van der Waals surface area contributed by atoms with Crippen LogP contribution in [-0.4, -0.2) is 45.4 Å². The van der Waals surface area contributed by atoms with E-state index in [1.807, 2.05) is 27.7 Å². The summed E-state index contributed by atoms with van der Waals surface area (Å²) in [7, 11) is 0.